The largest absolute Gasteiger partial charge is 0.501 e. The molecule has 1 rings (SSSR count). The fourth-order valence-electron chi connectivity index (χ4n) is 1.68. The van der Waals surface area contributed by atoms with Gasteiger partial charge in [0, 0.05) is 47.0 Å². The summed E-state index contributed by atoms with van der Waals surface area (Å²) in [6.07, 6.45) is 0. The monoisotopic (exact) mass is 235 g/mol. The highest BCUT2D eigenvalue weighted by atomic mass is 28.4. The topological polar surface area (TPSA) is 40.2 Å². The highest BCUT2D eigenvalue weighted by Gasteiger charge is 2.37. The summed E-state index contributed by atoms with van der Waals surface area (Å²) in [5.74, 6) is 0. The molecule has 90 valence electrons. The molecule has 0 amide bonds. The van der Waals surface area contributed by atoms with Gasteiger partial charge in [0.05, 0.1) is 13.2 Å². The Morgan fingerprint density at radius 3 is 2.07 bits per heavy atom. The molecule has 0 aromatic rings. The van der Waals surface area contributed by atoms with Gasteiger partial charge >= 0.3 is 8.80 Å². The molecule has 0 N–H and O–H groups in total. The van der Waals surface area contributed by atoms with E-state index in [1.54, 1.807) is 21.3 Å². The van der Waals surface area contributed by atoms with Gasteiger partial charge in [0.15, 0.2) is 0 Å². The predicted octanol–water partition coefficient (Wildman–Crippen LogP) is 0.197. The van der Waals surface area contributed by atoms with Gasteiger partial charge in [-0.2, -0.15) is 0 Å². The molecule has 0 spiro atoms. The van der Waals surface area contributed by atoms with Gasteiger partial charge in [-0.15, -0.1) is 0 Å². The molecule has 1 saturated heterocycles. The summed E-state index contributed by atoms with van der Waals surface area (Å²) in [5.41, 5.74) is 0. The molecule has 0 aliphatic carbocycles. The van der Waals surface area contributed by atoms with E-state index in [4.69, 9.17) is 18.0 Å². The molecule has 0 saturated carbocycles. The molecule has 15 heavy (non-hydrogen) atoms. The first kappa shape index (κ1) is 13.1. The first-order valence-electron chi connectivity index (χ1n) is 5.22. The van der Waals surface area contributed by atoms with Crippen LogP contribution in [0.15, 0.2) is 0 Å². The summed E-state index contributed by atoms with van der Waals surface area (Å²) in [7, 11) is 2.57. The van der Waals surface area contributed by atoms with Crippen LogP contribution in [0.4, 0.5) is 0 Å². The molecule has 0 bridgehead atoms. The molecule has 0 unspecified atom stereocenters. The normalized spacial score (nSPS) is 19.4. The number of ether oxygens (including phenoxy) is 1. The van der Waals surface area contributed by atoms with E-state index in [-0.39, 0.29) is 0 Å². The van der Waals surface area contributed by atoms with Gasteiger partial charge < -0.3 is 18.0 Å². The number of nitrogens with zero attached hydrogens (tertiary/aromatic N) is 1. The van der Waals surface area contributed by atoms with Crippen molar-refractivity contribution < 1.29 is 18.0 Å². The molecule has 1 heterocycles. The summed E-state index contributed by atoms with van der Waals surface area (Å²) < 4.78 is 21.4. The third kappa shape index (κ3) is 3.82. The predicted molar refractivity (Wildman–Crippen MR) is 58.8 cm³/mol. The lowest BCUT2D eigenvalue weighted by molar-refractivity contribution is 0.0365. The van der Waals surface area contributed by atoms with Crippen molar-refractivity contribution in [3.8, 4) is 0 Å². The summed E-state index contributed by atoms with van der Waals surface area (Å²) in [4.78, 5) is 2.35. The second-order valence-electron chi connectivity index (χ2n) is 3.50. The Kier molecular flexibility index (Phi) is 5.73. The van der Waals surface area contributed by atoms with Crippen molar-refractivity contribution in [2.75, 3.05) is 54.2 Å². The molecular weight excluding hydrogens is 214 g/mol. The van der Waals surface area contributed by atoms with Crippen LogP contribution in [0.3, 0.4) is 0 Å². The Labute approximate surface area is 92.6 Å². The maximum Gasteiger partial charge on any atom is 0.501 e. The van der Waals surface area contributed by atoms with Gasteiger partial charge in [0.1, 0.15) is 0 Å². The van der Waals surface area contributed by atoms with Gasteiger partial charge in [-0.1, -0.05) is 0 Å². The van der Waals surface area contributed by atoms with E-state index in [1.807, 2.05) is 0 Å². The molecule has 0 radical (unpaired) electrons. The zero-order chi connectivity index (χ0) is 11.1. The first-order chi connectivity index (χ1) is 7.26. The van der Waals surface area contributed by atoms with Gasteiger partial charge in [-0.05, 0) is 0 Å². The van der Waals surface area contributed by atoms with Crippen LogP contribution < -0.4 is 0 Å². The molecule has 0 aromatic heterocycles. The molecule has 5 nitrogen and oxygen atoms in total. The van der Waals surface area contributed by atoms with Crippen molar-refractivity contribution in [1.29, 1.82) is 0 Å². The summed E-state index contributed by atoms with van der Waals surface area (Å²) in [6.45, 7) is 4.57. The second kappa shape index (κ2) is 6.57. The minimum Gasteiger partial charge on any atom is -0.379 e. The van der Waals surface area contributed by atoms with Crippen LogP contribution >= 0.6 is 0 Å². The van der Waals surface area contributed by atoms with Gasteiger partial charge in [0.2, 0.25) is 0 Å². The van der Waals surface area contributed by atoms with E-state index in [2.05, 4.69) is 4.90 Å². The summed E-state index contributed by atoms with van der Waals surface area (Å²) >= 11 is 0. The van der Waals surface area contributed by atoms with Crippen molar-refractivity contribution >= 4 is 8.80 Å². The Morgan fingerprint density at radius 1 is 1.07 bits per heavy atom. The third-order valence-corrected chi connectivity index (χ3v) is 5.47. The van der Waals surface area contributed by atoms with Crippen molar-refractivity contribution in [1.82, 2.24) is 4.90 Å². The number of morpholine rings is 1. The van der Waals surface area contributed by atoms with E-state index in [1.165, 1.54) is 0 Å². The number of hydrogen-bond donors (Lipinski definition) is 0. The Bertz CT molecular complexity index is 163. The minimum absolute atomic E-state index is 0.821. The second-order valence-corrected chi connectivity index (χ2v) is 6.59. The first-order valence-corrected chi connectivity index (χ1v) is 7.15. The average Bonchev–Trinajstić information content (AvgIpc) is 2.33. The SMILES string of the molecule is CO[Si](CCN1CCOCC1)(OC)OC. The number of rotatable bonds is 6. The molecule has 1 fully saturated rings. The summed E-state index contributed by atoms with van der Waals surface area (Å²) in [6, 6.07) is 0.830. The van der Waals surface area contributed by atoms with Crippen LogP contribution in [-0.4, -0.2) is 67.9 Å². The zero-order valence-electron chi connectivity index (χ0n) is 9.82. The molecule has 1 aliphatic rings. The van der Waals surface area contributed by atoms with E-state index >= 15 is 0 Å². The van der Waals surface area contributed by atoms with Crippen molar-refractivity contribution in [3.05, 3.63) is 0 Å². The molecular formula is C9H21NO4Si. The maximum absolute atomic E-state index is 5.36. The Morgan fingerprint density at radius 2 is 1.60 bits per heavy atom. The highest BCUT2D eigenvalue weighted by Crippen LogP contribution is 2.13. The van der Waals surface area contributed by atoms with Gasteiger partial charge in [-0.25, -0.2) is 0 Å². The molecule has 0 atom stereocenters. The van der Waals surface area contributed by atoms with E-state index in [9.17, 15) is 0 Å². The lowest BCUT2D eigenvalue weighted by Crippen LogP contribution is -2.47. The lowest BCUT2D eigenvalue weighted by Gasteiger charge is -2.30. The minimum atomic E-state index is -2.38. The molecule has 6 heteroatoms. The number of hydrogen-bond acceptors (Lipinski definition) is 5. The van der Waals surface area contributed by atoms with Crippen LogP contribution in [0.2, 0.25) is 6.04 Å². The van der Waals surface area contributed by atoms with Crippen molar-refractivity contribution in [3.63, 3.8) is 0 Å². The van der Waals surface area contributed by atoms with Crippen LogP contribution in [0.5, 0.6) is 0 Å². The quantitative estimate of drug-likeness (QED) is 0.615. The molecule has 1 aliphatic heterocycles. The zero-order valence-corrected chi connectivity index (χ0v) is 10.8. The smallest absolute Gasteiger partial charge is 0.379 e. The van der Waals surface area contributed by atoms with E-state index < -0.39 is 8.80 Å². The fraction of sp³-hybridized carbons (Fsp3) is 1.00. The van der Waals surface area contributed by atoms with Gasteiger partial charge in [0.25, 0.3) is 0 Å². The third-order valence-electron chi connectivity index (χ3n) is 2.77. The van der Waals surface area contributed by atoms with Gasteiger partial charge in [-0.3, -0.25) is 4.90 Å². The van der Waals surface area contributed by atoms with E-state index in [0.717, 1.165) is 38.9 Å². The van der Waals surface area contributed by atoms with Crippen molar-refractivity contribution in [2.45, 2.75) is 6.04 Å². The Hall–Kier alpha value is 0.0169. The van der Waals surface area contributed by atoms with Crippen LogP contribution in [0.1, 0.15) is 0 Å². The standard InChI is InChI=1S/C9H21NO4Si/c1-11-15(12-2,13-3)9-6-10-4-7-14-8-5-10/h4-9H2,1-3H3. The fourth-order valence-corrected chi connectivity index (χ4v) is 3.38. The van der Waals surface area contributed by atoms with Crippen LogP contribution in [-0.2, 0) is 18.0 Å². The van der Waals surface area contributed by atoms with Crippen LogP contribution in [0, 0.1) is 0 Å². The van der Waals surface area contributed by atoms with Crippen molar-refractivity contribution in [2.24, 2.45) is 0 Å². The van der Waals surface area contributed by atoms with E-state index in [0.29, 0.717) is 0 Å². The Balaban J connectivity index is 2.31. The average molecular weight is 235 g/mol. The summed E-state index contributed by atoms with van der Waals surface area (Å²) in [5, 5.41) is 0. The lowest BCUT2D eigenvalue weighted by atomic mass is 10.4. The molecule has 0 aromatic carbocycles. The highest BCUT2D eigenvalue weighted by molar-refractivity contribution is 6.60. The van der Waals surface area contributed by atoms with Crippen LogP contribution in [0.25, 0.3) is 0 Å². The maximum atomic E-state index is 5.36.